The van der Waals surface area contributed by atoms with E-state index in [1.54, 1.807) is 6.92 Å². The largest absolute Gasteiger partial charge is 0.402 e. The Morgan fingerprint density at radius 2 is 1.78 bits per heavy atom. The molecule has 0 saturated carbocycles. The van der Waals surface area contributed by atoms with Crippen LogP contribution in [0.25, 0.3) is 0 Å². The van der Waals surface area contributed by atoms with Crippen molar-refractivity contribution in [1.82, 2.24) is 0 Å². The number of ketones is 1. The summed E-state index contributed by atoms with van der Waals surface area (Å²) in [7, 11) is 1.00. The molecule has 0 fully saturated rings. The van der Waals surface area contributed by atoms with Crippen LogP contribution in [0.15, 0.2) is 11.8 Å². The molecule has 0 bridgehead atoms. The Hall–Kier alpha value is -0.830. The van der Waals surface area contributed by atoms with E-state index in [1.807, 2.05) is 0 Å². The molecule has 54 valence electrons. The minimum Gasteiger partial charge on any atom is -0.402 e. The second-order valence-electron chi connectivity index (χ2n) is 1.50. The van der Waals surface area contributed by atoms with E-state index in [2.05, 4.69) is 0 Å². The molecule has 0 unspecified atom stereocenters. The van der Waals surface area contributed by atoms with Gasteiger partial charge in [-0.3, -0.25) is 4.79 Å². The maximum absolute atomic E-state index is 10.1. The van der Waals surface area contributed by atoms with E-state index in [0.717, 1.165) is 7.11 Å². The van der Waals surface area contributed by atoms with Crippen molar-refractivity contribution in [1.29, 1.82) is 0 Å². The molecule has 0 radical (unpaired) electrons. The number of allylic oxidation sites excluding steroid dienone is 2. The minimum absolute atomic E-state index is 0.000000000000000444. The molecule has 0 aromatic rings. The van der Waals surface area contributed by atoms with Crippen LogP contribution in [0.5, 0.6) is 0 Å². The smallest absolute Gasteiger partial charge is 0.154 e. The molecule has 0 heterocycles. The number of rotatable bonds is 1. The Bertz CT molecular complexity index is 104. The lowest BCUT2D eigenvalue weighted by atomic mass is 10.3. The minimum atomic E-state index is 0.000000000000000444. The standard InChI is InChI=1S/C5H9NO.CH4O/c1-4(6)3-5(2)7;1-2/h3H,6H2,1-2H3;2H,1H3/b4-3-;. The van der Waals surface area contributed by atoms with Crippen LogP contribution >= 0.6 is 0 Å². The van der Waals surface area contributed by atoms with Gasteiger partial charge in [0.15, 0.2) is 5.78 Å². The zero-order valence-corrected chi connectivity index (χ0v) is 6.01. The third-order valence-corrected chi connectivity index (χ3v) is 0.431. The van der Waals surface area contributed by atoms with Crippen LogP contribution in [0.1, 0.15) is 13.8 Å². The molecule has 0 rings (SSSR count). The molecule has 0 saturated heterocycles. The third-order valence-electron chi connectivity index (χ3n) is 0.431. The Morgan fingerprint density at radius 3 is 1.78 bits per heavy atom. The van der Waals surface area contributed by atoms with Gasteiger partial charge in [-0.25, -0.2) is 0 Å². The van der Waals surface area contributed by atoms with Gasteiger partial charge in [0.25, 0.3) is 0 Å². The number of aliphatic hydroxyl groups is 1. The monoisotopic (exact) mass is 131 g/mol. The van der Waals surface area contributed by atoms with Gasteiger partial charge in [0, 0.05) is 12.8 Å². The second-order valence-corrected chi connectivity index (χ2v) is 1.50. The molecule has 0 aliphatic heterocycles. The predicted molar refractivity (Wildman–Crippen MR) is 36.8 cm³/mol. The van der Waals surface area contributed by atoms with E-state index in [4.69, 9.17) is 10.8 Å². The summed E-state index contributed by atoms with van der Waals surface area (Å²) in [5.41, 5.74) is 5.70. The van der Waals surface area contributed by atoms with Crippen molar-refractivity contribution >= 4 is 5.78 Å². The molecule has 0 aromatic heterocycles. The van der Waals surface area contributed by atoms with Crippen molar-refractivity contribution in [3.05, 3.63) is 11.8 Å². The number of hydrogen-bond donors (Lipinski definition) is 2. The lowest BCUT2D eigenvalue weighted by molar-refractivity contribution is -0.112. The first-order valence-electron chi connectivity index (χ1n) is 2.52. The maximum atomic E-state index is 10.1. The fourth-order valence-corrected chi connectivity index (χ4v) is 0.321. The van der Waals surface area contributed by atoms with Gasteiger partial charge in [0.05, 0.1) is 0 Å². The van der Waals surface area contributed by atoms with Crippen molar-refractivity contribution in [3.8, 4) is 0 Å². The van der Waals surface area contributed by atoms with Crippen molar-refractivity contribution < 1.29 is 9.90 Å². The molecular weight excluding hydrogens is 118 g/mol. The summed E-state index contributed by atoms with van der Waals surface area (Å²) in [5, 5.41) is 7.00. The molecule has 3 nitrogen and oxygen atoms in total. The Morgan fingerprint density at radius 1 is 1.44 bits per heavy atom. The van der Waals surface area contributed by atoms with E-state index in [0.29, 0.717) is 5.70 Å². The Kier molecular flexibility index (Phi) is 8.79. The van der Waals surface area contributed by atoms with Gasteiger partial charge >= 0.3 is 0 Å². The molecule has 9 heavy (non-hydrogen) atoms. The van der Waals surface area contributed by atoms with Crippen molar-refractivity contribution in [2.24, 2.45) is 5.73 Å². The maximum Gasteiger partial charge on any atom is 0.154 e. The van der Waals surface area contributed by atoms with Crippen molar-refractivity contribution in [3.63, 3.8) is 0 Å². The van der Waals surface area contributed by atoms with Gasteiger partial charge in [-0.05, 0) is 19.9 Å². The highest BCUT2D eigenvalue weighted by atomic mass is 16.2. The lowest BCUT2D eigenvalue weighted by Crippen LogP contribution is -1.93. The topological polar surface area (TPSA) is 63.3 Å². The fraction of sp³-hybridized carbons (Fsp3) is 0.500. The summed E-state index contributed by atoms with van der Waals surface area (Å²) in [4.78, 5) is 10.1. The first-order chi connectivity index (χ1) is 4.13. The SMILES string of the molecule is CC(=O)/C=C(/C)N.CO. The van der Waals surface area contributed by atoms with Crippen LogP contribution in [0.4, 0.5) is 0 Å². The van der Waals surface area contributed by atoms with Gasteiger partial charge in [-0.2, -0.15) is 0 Å². The average Bonchev–Trinajstić information content (AvgIpc) is 1.68. The van der Waals surface area contributed by atoms with Gasteiger partial charge in [-0.15, -0.1) is 0 Å². The summed E-state index contributed by atoms with van der Waals surface area (Å²) in [5.74, 6) is 0.000000000000000444. The highest BCUT2D eigenvalue weighted by molar-refractivity contribution is 5.87. The quantitative estimate of drug-likeness (QED) is 0.494. The molecule has 0 aromatic carbocycles. The van der Waals surface area contributed by atoms with Crippen LogP contribution in [0.2, 0.25) is 0 Å². The Labute approximate surface area is 55.2 Å². The summed E-state index contributed by atoms with van der Waals surface area (Å²) in [6.45, 7) is 3.15. The summed E-state index contributed by atoms with van der Waals surface area (Å²) < 4.78 is 0. The Balaban J connectivity index is 0. The molecular formula is C6H13NO2. The predicted octanol–water partition coefficient (Wildman–Crippen LogP) is 0.0464. The van der Waals surface area contributed by atoms with E-state index in [-0.39, 0.29) is 5.78 Å². The van der Waals surface area contributed by atoms with Crippen LogP contribution in [0.3, 0.4) is 0 Å². The molecule has 0 spiro atoms. The van der Waals surface area contributed by atoms with E-state index in [1.165, 1.54) is 13.0 Å². The summed E-state index contributed by atoms with van der Waals surface area (Å²) >= 11 is 0. The third kappa shape index (κ3) is 19.1. The van der Waals surface area contributed by atoms with E-state index >= 15 is 0 Å². The lowest BCUT2D eigenvalue weighted by Gasteiger charge is -1.81. The fourth-order valence-electron chi connectivity index (χ4n) is 0.321. The number of carbonyl (C=O) groups is 1. The first kappa shape index (κ1) is 11.0. The average molecular weight is 131 g/mol. The zero-order valence-electron chi connectivity index (χ0n) is 6.01. The molecule has 0 atom stereocenters. The van der Waals surface area contributed by atoms with Crippen LogP contribution < -0.4 is 5.73 Å². The van der Waals surface area contributed by atoms with Gasteiger partial charge < -0.3 is 10.8 Å². The number of nitrogens with two attached hydrogens (primary N) is 1. The van der Waals surface area contributed by atoms with Crippen molar-refractivity contribution in [2.45, 2.75) is 13.8 Å². The first-order valence-corrected chi connectivity index (χ1v) is 2.52. The van der Waals surface area contributed by atoms with Gasteiger partial charge in [0.1, 0.15) is 0 Å². The van der Waals surface area contributed by atoms with Crippen molar-refractivity contribution in [2.75, 3.05) is 7.11 Å². The number of aliphatic hydroxyl groups excluding tert-OH is 1. The molecule has 0 aliphatic rings. The molecule has 3 N–H and O–H groups in total. The van der Waals surface area contributed by atoms with Crippen LogP contribution in [-0.2, 0) is 4.79 Å². The second kappa shape index (κ2) is 7.17. The van der Waals surface area contributed by atoms with Gasteiger partial charge in [-0.1, -0.05) is 0 Å². The van der Waals surface area contributed by atoms with Gasteiger partial charge in [0.2, 0.25) is 0 Å². The van der Waals surface area contributed by atoms with Crippen LogP contribution in [-0.4, -0.2) is 18.0 Å². The van der Waals surface area contributed by atoms with E-state index in [9.17, 15) is 4.79 Å². The zero-order chi connectivity index (χ0) is 7.86. The summed E-state index contributed by atoms with van der Waals surface area (Å²) in [6, 6.07) is 0. The number of carbonyl (C=O) groups excluding carboxylic acids is 1. The van der Waals surface area contributed by atoms with E-state index < -0.39 is 0 Å². The van der Waals surface area contributed by atoms with Crippen LogP contribution in [0, 0.1) is 0 Å². The number of hydrogen-bond acceptors (Lipinski definition) is 3. The normalized spacial score (nSPS) is 9.56. The summed E-state index contributed by atoms with van der Waals surface area (Å²) in [6.07, 6.45) is 1.39. The molecule has 3 heteroatoms. The highest BCUT2D eigenvalue weighted by Gasteiger charge is 1.80. The molecule has 0 aliphatic carbocycles. The molecule has 0 amide bonds. The highest BCUT2D eigenvalue weighted by Crippen LogP contribution is 1.78.